The maximum atomic E-state index is 9.13. The maximum Gasteiger partial charge on any atom is 0.161 e. The Kier molecular flexibility index (Phi) is 3.66. The van der Waals surface area contributed by atoms with Crippen LogP contribution in [0.3, 0.4) is 0 Å². The molecule has 106 valence electrons. The molecule has 3 aromatic rings. The van der Waals surface area contributed by atoms with Gasteiger partial charge in [-0.05, 0) is 42.5 Å². The Morgan fingerprint density at radius 2 is 1.90 bits per heavy atom. The standard InChI is InChI=1S/C16H15N3O2/c1-21-13-5-2-11(3-6-13)18-15-8-9-17-16-14(15)7-4-12(10-20)19-16/h2-9,20H,10H2,1H3,(H,17,18,19). The fraction of sp³-hybridized carbons (Fsp3) is 0.125. The number of aliphatic hydroxyl groups is 1. The second-order valence-corrected chi connectivity index (χ2v) is 4.54. The monoisotopic (exact) mass is 281 g/mol. The molecular weight excluding hydrogens is 266 g/mol. The average molecular weight is 281 g/mol. The highest BCUT2D eigenvalue weighted by Crippen LogP contribution is 2.25. The predicted molar refractivity (Wildman–Crippen MR) is 81.7 cm³/mol. The molecule has 2 aromatic heterocycles. The Balaban J connectivity index is 1.95. The molecule has 0 radical (unpaired) electrons. The molecule has 5 nitrogen and oxygen atoms in total. The number of hydrogen-bond acceptors (Lipinski definition) is 5. The number of benzene rings is 1. The van der Waals surface area contributed by atoms with E-state index in [9.17, 15) is 0 Å². The van der Waals surface area contributed by atoms with Gasteiger partial charge in [-0.1, -0.05) is 0 Å². The molecule has 0 saturated carbocycles. The SMILES string of the molecule is COc1ccc(Nc2ccnc3nc(CO)ccc23)cc1. The number of anilines is 2. The van der Waals surface area contributed by atoms with Crippen molar-refractivity contribution in [2.24, 2.45) is 0 Å². The first-order chi connectivity index (χ1) is 10.3. The normalized spacial score (nSPS) is 10.6. The summed E-state index contributed by atoms with van der Waals surface area (Å²) in [6.45, 7) is -0.0895. The topological polar surface area (TPSA) is 67.3 Å². The summed E-state index contributed by atoms with van der Waals surface area (Å²) in [5, 5.41) is 13.4. The van der Waals surface area contributed by atoms with E-state index in [0.717, 1.165) is 22.5 Å². The van der Waals surface area contributed by atoms with Gasteiger partial charge in [-0.25, -0.2) is 9.97 Å². The minimum atomic E-state index is -0.0895. The van der Waals surface area contributed by atoms with E-state index in [1.807, 2.05) is 36.4 Å². The number of rotatable bonds is 4. The van der Waals surface area contributed by atoms with E-state index < -0.39 is 0 Å². The van der Waals surface area contributed by atoms with Crippen molar-refractivity contribution in [2.75, 3.05) is 12.4 Å². The molecule has 0 bridgehead atoms. The minimum absolute atomic E-state index is 0.0895. The fourth-order valence-corrected chi connectivity index (χ4v) is 2.10. The number of methoxy groups -OCH3 is 1. The summed E-state index contributed by atoms with van der Waals surface area (Å²) in [5.41, 5.74) is 3.09. The molecule has 0 saturated heterocycles. The van der Waals surface area contributed by atoms with Crippen molar-refractivity contribution >= 4 is 22.4 Å². The van der Waals surface area contributed by atoms with E-state index in [4.69, 9.17) is 9.84 Å². The predicted octanol–water partition coefficient (Wildman–Crippen LogP) is 2.87. The van der Waals surface area contributed by atoms with Crippen molar-refractivity contribution in [1.82, 2.24) is 9.97 Å². The van der Waals surface area contributed by atoms with Gasteiger partial charge in [0.2, 0.25) is 0 Å². The third kappa shape index (κ3) is 2.78. The van der Waals surface area contributed by atoms with Gasteiger partial charge in [0.05, 0.1) is 25.1 Å². The van der Waals surface area contributed by atoms with Gasteiger partial charge < -0.3 is 15.2 Å². The number of nitrogens with one attached hydrogen (secondary N) is 1. The number of fused-ring (bicyclic) bond motifs is 1. The molecule has 5 heteroatoms. The fourth-order valence-electron chi connectivity index (χ4n) is 2.10. The zero-order chi connectivity index (χ0) is 14.7. The summed E-state index contributed by atoms with van der Waals surface area (Å²) in [6.07, 6.45) is 1.70. The molecule has 0 atom stereocenters. The van der Waals surface area contributed by atoms with Crippen LogP contribution in [0.1, 0.15) is 5.69 Å². The summed E-state index contributed by atoms with van der Waals surface area (Å²) in [5.74, 6) is 0.814. The third-order valence-corrected chi connectivity index (χ3v) is 3.19. The highest BCUT2D eigenvalue weighted by molar-refractivity contribution is 5.90. The van der Waals surface area contributed by atoms with Crippen molar-refractivity contribution in [3.8, 4) is 5.75 Å². The number of aromatic nitrogens is 2. The van der Waals surface area contributed by atoms with Gasteiger partial charge in [0.1, 0.15) is 5.75 Å². The highest BCUT2D eigenvalue weighted by atomic mass is 16.5. The van der Waals surface area contributed by atoms with Crippen molar-refractivity contribution in [2.45, 2.75) is 6.61 Å². The number of aliphatic hydroxyl groups excluding tert-OH is 1. The van der Waals surface area contributed by atoms with Crippen LogP contribution in [0.25, 0.3) is 11.0 Å². The first kappa shape index (κ1) is 13.3. The minimum Gasteiger partial charge on any atom is -0.497 e. The van der Waals surface area contributed by atoms with Gasteiger partial charge in [-0.3, -0.25) is 0 Å². The highest BCUT2D eigenvalue weighted by Gasteiger charge is 2.05. The number of pyridine rings is 2. The van der Waals surface area contributed by atoms with E-state index >= 15 is 0 Å². The number of nitrogens with zero attached hydrogens (tertiary/aromatic N) is 2. The van der Waals surface area contributed by atoms with Crippen LogP contribution in [0.2, 0.25) is 0 Å². The molecular formula is C16H15N3O2. The van der Waals surface area contributed by atoms with Gasteiger partial charge in [0.25, 0.3) is 0 Å². The Hall–Kier alpha value is -2.66. The lowest BCUT2D eigenvalue weighted by atomic mass is 10.2. The largest absolute Gasteiger partial charge is 0.497 e. The summed E-state index contributed by atoms with van der Waals surface area (Å²) < 4.78 is 5.14. The van der Waals surface area contributed by atoms with Crippen LogP contribution in [0.4, 0.5) is 11.4 Å². The van der Waals surface area contributed by atoms with E-state index in [1.54, 1.807) is 19.4 Å². The van der Waals surface area contributed by atoms with Crippen LogP contribution in [0, 0.1) is 0 Å². The van der Waals surface area contributed by atoms with Crippen LogP contribution >= 0.6 is 0 Å². The van der Waals surface area contributed by atoms with Crippen LogP contribution in [-0.2, 0) is 6.61 Å². The molecule has 0 fully saturated rings. The third-order valence-electron chi connectivity index (χ3n) is 3.19. The molecule has 0 aliphatic rings. The molecule has 0 aliphatic heterocycles. The Bertz CT molecular complexity index is 757. The van der Waals surface area contributed by atoms with E-state index in [2.05, 4.69) is 15.3 Å². The van der Waals surface area contributed by atoms with Gasteiger partial charge in [0.15, 0.2) is 5.65 Å². The Morgan fingerprint density at radius 3 is 2.62 bits per heavy atom. The van der Waals surface area contributed by atoms with Gasteiger partial charge in [0, 0.05) is 17.3 Å². The zero-order valence-electron chi connectivity index (χ0n) is 11.6. The zero-order valence-corrected chi connectivity index (χ0v) is 11.6. The molecule has 0 aliphatic carbocycles. The molecule has 2 N–H and O–H groups in total. The smallest absolute Gasteiger partial charge is 0.161 e. The van der Waals surface area contributed by atoms with Gasteiger partial charge in [-0.2, -0.15) is 0 Å². The van der Waals surface area contributed by atoms with Crippen LogP contribution in [0.5, 0.6) is 5.75 Å². The molecule has 0 amide bonds. The number of ether oxygens (including phenoxy) is 1. The summed E-state index contributed by atoms with van der Waals surface area (Å²) >= 11 is 0. The van der Waals surface area contributed by atoms with Gasteiger partial charge >= 0.3 is 0 Å². The van der Waals surface area contributed by atoms with Crippen molar-refractivity contribution in [1.29, 1.82) is 0 Å². The molecule has 1 aromatic carbocycles. The second kappa shape index (κ2) is 5.76. The van der Waals surface area contributed by atoms with Crippen LogP contribution in [-0.4, -0.2) is 22.2 Å². The van der Waals surface area contributed by atoms with Crippen LogP contribution < -0.4 is 10.1 Å². The van der Waals surface area contributed by atoms with Crippen LogP contribution in [0.15, 0.2) is 48.7 Å². The van der Waals surface area contributed by atoms with Crippen molar-refractivity contribution in [3.05, 3.63) is 54.4 Å². The van der Waals surface area contributed by atoms with E-state index in [1.165, 1.54) is 0 Å². The summed E-state index contributed by atoms with van der Waals surface area (Å²) in [6, 6.07) is 13.3. The number of hydrogen-bond donors (Lipinski definition) is 2. The lowest BCUT2D eigenvalue weighted by molar-refractivity contribution is 0.277. The quantitative estimate of drug-likeness (QED) is 0.769. The van der Waals surface area contributed by atoms with E-state index in [0.29, 0.717) is 11.3 Å². The lowest BCUT2D eigenvalue weighted by Crippen LogP contribution is -1.96. The average Bonchev–Trinajstić information content (AvgIpc) is 2.55. The molecule has 0 spiro atoms. The first-order valence-electron chi connectivity index (χ1n) is 6.57. The molecule has 21 heavy (non-hydrogen) atoms. The lowest BCUT2D eigenvalue weighted by Gasteiger charge is -2.10. The van der Waals surface area contributed by atoms with Gasteiger partial charge in [-0.15, -0.1) is 0 Å². The molecule has 0 unspecified atom stereocenters. The molecule has 3 rings (SSSR count). The Labute approximate surface area is 122 Å². The second-order valence-electron chi connectivity index (χ2n) is 4.54. The maximum absolute atomic E-state index is 9.13. The van der Waals surface area contributed by atoms with Crippen molar-refractivity contribution in [3.63, 3.8) is 0 Å². The molecule has 2 heterocycles. The summed E-state index contributed by atoms with van der Waals surface area (Å²) in [4.78, 5) is 8.54. The Morgan fingerprint density at radius 1 is 1.10 bits per heavy atom. The first-order valence-corrected chi connectivity index (χ1v) is 6.57. The van der Waals surface area contributed by atoms with E-state index in [-0.39, 0.29) is 6.61 Å². The summed E-state index contributed by atoms with van der Waals surface area (Å²) in [7, 11) is 1.64. The van der Waals surface area contributed by atoms with Crippen molar-refractivity contribution < 1.29 is 9.84 Å².